The summed E-state index contributed by atoms with van der Waals surface area (Å²) in [6.07, 6.45) is 0. The zero-order valence-corrected chi connectivity index (χ0v) is 12.5. The minimum atomic E-state index is -0.0844. The van der Waals surface area contributed by atoms with Crippen LogP contribution in [0.25, 0.3) is 0 Å². The van der Waals surface area contributed by atoms with Crippen LogP contribution in [0.1, 0.15) is 20.7 Å². The summed E-state index contributed by atoms with van der Waals surface area (Å²) in [4.78, 5) is 2.28. The molecule has 2 heterocycles. The molecule has 0 aromatic carbocycles. The van der Waals surface area contributed by atoms with E-state index in [2.05, 4.69) is 34.3 Å². The summed E-state index contributed by atoms with van der Waals surface area (Å²) in [6, 6.07) is 4.07. The summed E-state index contributed by atoms with van der Waals surface area (Å²) in [5, 5.41) is 1.98. The monoisotopic (exact) mass is 340 g/mol. The number of hydrogen-bond acceptors (Lipinski definition) is 2. The quantitative estimate of drug-likeness (QED) is 0.600. The zero-order chi connectivity index (χ0) is 11.0. The van der Waals surface area contributed by atoms with Gasteiger partial charge < -0.3 is 0 Å². The first-order valence-corrected chi connectivity index (χ1v) is 7.52. The highest BCUT2D eigenvalue weighted by Gasteiger charge is 2.18. The van der Waals surface area contributed by atoms with Gasteiger partial charge >= 0.3 is 0 Å². The van der Waals surface area contributed by atoms with Gasteiger partial charge in [-0.15, -0.1) is 34.3 Å². The summed E-state index contributed by atoms with van der Waals surface area (Å²) < 4.78 is 1.67. The van der Waals surface area contributed by atoms with Crippen molar-refractivity contribution in [2.45, 2.75) is 12.3 Å². The van der Waals surface area contributed by atoms with Crippen LogP contribution in [0, 0.1) is 6.92 Å². The lowest BCUT2D eigenvalue weighted by Gasteiger charge is -2.05. The van der Waals surface area contributed by atoms with Crippen molar-refractivity contribution in [2.75, 3.05) is 0 Å². The summed E-state index contributed by atoms with van der Waals surface area (Å²) in [5.41, 5.74) is 1.24. The van der Waals surface area contributed by atoms with Crippen LogP contribution in [0.5, 0.6) is 0 Å². The van der Waals surface area contributed by atoms with Gasteiger partial charge in [-0.3, -0.25) is 0 Å². The lowest BCUT2D eigenvalue weighted by atomic mass is 10.2. The minimum Gasteiger partial charge on any atom is -0.147 e. The van der Waals surface area contributed by atoms with E-state index in [1.165, 1.54) is 21.8 Å². The predicted molar refractivity (Wildman–Crippen MR) is 73.8 cm³/mol. The van der Waals surface area contributed by atoms with Crippen molar-refractivity contribution in [2.24, 2.45) is 0 Å². The van der Waals surface area contributed by atoms with E-state index in [-0.39, 0.29) is 5.38 Å². The first kappa shape index (κ1) is 11.9. The van der Waals surface area contributed by atoms with Crippen LogP contribution in [-0.4, -0.2) is 0 Å². The summed E-state index contributed by atoms with van der Waals surface area (Å²) in [7, 11) is 0. The Labute approximate surface area is 115 Å². The van der Waals surface area contributed by atoms with E-state index in [9.17, 15) is 0 Å². The van der Waals surface area contributed by atoms with E-state index in [4.69, 9.17) is 23.2 Å². The Balaban J connectivity index is 2.36. The third-order valence-electron chi connectivity index (χ3n) is 2.05. The lowest BCUT2D eigenvalue weighted by Crippen LogP contribution is -1.87. The van der Waals surface area contributed by atoms with Gasteiger partial charge in [0, 0.05) is 14.2 Å². The van der Waals surface area contributed by atoms with Crippen molar-refractivity contribution >= 4 is 61.8 Å². The Morgan fingerprint density at radius 2 is 2.20 bits per heavy atom. The van der Waals surface area contributed by atoms with Gasteiger partial charge in [-0.1, -0.05) is 11.6 Å². The minimum absolute atomic E-state index is 0.0844. The molecule has 0 aliphatic rings. The van der Waals surface area contributed by atoms with Gasteiger partial charge in [0.1, 0.15) is 9.71 Å². The third kappa shape index (κ3) is 2.42. The van der Waals surface area contributed by atoms with Gasteiger partial charge in [-0.2, -0.15) is 0 Å². The van der Waals surface area contributed by atoms with Crippen LogP contribution < -0.4 is 0 Å². The molecule has 0 amide bonds. The molecule has 0 nitrogen and oxygen atoms in total. The van der Waals surface area contributed by atoms with E-state index >= 15 is 0 Å². The normalized spacial score (nSPS) is 13.1. The number of rotatable bonds is 2. The third-order valence-corrected chi connectivity index (χ3v) is 6.38. The molecule has 0 saturated heterocycles. The highest BCUT2D eigenvalue weighted by molar-refractivity contribution is 9.10. The number of alkyl halides is 1. The van der Waals surface area contributed by atoms with Crippen LogP contribution >= 0.6 is 61.8 Å². The molecule has 0 saturated carbocycles. The lowest BCUT2D eigenvalue weighted by molar-refractivity contribution is 1.20. The summed E-state index contributed by atoms with van der Waals surface area (Å²) >= 11 is 19.0. The van der Waals surface area contributed by atoms with E-state index in [1.807, 2.05) is 6.07 Å². The molecule has 0 bridgehead atoms. The highest BCUT2D eigenvalue weighted by atomic mass is 79.9. The van der Waals surface area contributed by atoms with Crippen LogP contribution in [0.4, 0.5) is 0 Å². The Morgan fingerprint density at radius 1 is 1.47 bits per heavy atom. The Bertz CT molecular complexity index is 456. The van der Waals surface area contributed by atoms with Crippen molar-refractivity contribution in [3.8, 4) is 0 Å². The van der Waals surface area contributed by atoms with E-state index in [1.54, 1.807) is 11.3 Å². The number of halogens is 3. The fourth-order valence-corrected chi connectivity index (χ4v) is 4.50. The van der Waals surface area contributed by atoms with Crippen LogP contribution in [-0.2, 0) is 0 Å². The molecule has 0 spiro atoms. The maximum absolute atomic E-state index is 6.40. The average molecular weight is 342 g/mol. The first-order valence-electron chi connectivity index (χ1n) is 4.22. The van der Waals surface area contributed by atoms with E-state index in [0.29, 0.717) is 0 Å². The maximum atomic E-state index is 6.40. The van der Waals surface area contributed by atoms with Gasteiger partial charge in [0.25, 0.3) is 0 Å². The van der Waals surface area contributed by atoms with Gasteiger partial charge in [-0.25, -0.2) is 0 Å². The van der Waals surface area contributed by atoms with Crippen molar-refractivity contribution < 1.29 is 0 Å². The summed E-state index contributed by atoms with van der Waals surface area (Å²) in [6.45, 7) is 2.07. The molecular weight excluding hydrogens is 335 g/mol. The number of aryl methyl sites for hydroxylation is 1. The molecule has 2 aromatic rings. The Hall–Kier alpha value is 0.460. The van der Waals surface area contributed by atoms with Gasteiger partial charge in [0.15, 0.2) is 0 Å². The smallest absolute Gasteiger partial charge is 0.107 e. The molecule has 0 radical (unpaired) electrons. The van der Waals surface area contributed by atoms with Crippen LogP contribution in [0.2, 0.25) is 4.34 Å². The molecule has 0 aliphatic carbocycles. The molecular formula is C10H7BrCl2S2. The molecule has 0 fully saturated rings. The second-order valence-electron chi connectivity index (χ2n) is 3.10. The SMILES string of the molecule is Cc1ccsc1C(Cl)c1cc(Br)c(Cl)s1. The van der Waals surface area contributed by atoms with Crippen molar-refractivity contribution in [1.82, 2.24) is 0 Å². The van der Waals surface area contributed by atoms with Gasteiger partial charge in [-0.05, 0) is 45.9 Å². The maximum Gasteiger partial charge on any atom is 0.107 e. The summed E-state index contributed by atoms with van der Waals surface area (Å²) in [5.74, 6) is 0. The Kier molecular flexibility index (Phi) is 3.79. The molecule has 1 unspecified atom stereocenters. The molecule has 0 aliphatic heterocycles. The second kappa shape index (κ2) is 4.76. The topological polar surface area (TPSA) is 0 Å². The molecule has 0 N–H and O–H groups in total. The molecule has 2 aromatic heterocycles. The molecule has 2 rings (SSSR count). The number of hydrogen-bond donors (Lipinski definition) is 0. The molecule has 1 atom stereocenters. The molecule has 15 heavy (non-hydrogen) atoms. The van der Waals surface area contributed by atoms with Crippen LogP contribution in [0.15, 0.2) is 22.0 Å². The fourth-order valence-electron chi connectivity index (χ4n) is 1.26. The van der Waals surface area contributed by atoms with Crippen molar-refractivity contribution in [3.63, 3.8) is 0 Å². The van der Waals surface area contributed by atoms with Crippen LogP contribution in [0.3, 0.4) is 0 Å². The van der Waals surface area contributed by atoms with Crippen molar-refractivity contribution in [3.05, 3.63) is 41.6 Å². The van der Waals surface area contributed by atoms with E-state index in [0.717, 1.165) is 13.7 Å². The molecule has 5 heteroatoms. The predicted octanol–water partition coefficient (Wildman–Crippen LogP) is 5.86. The van der Waals surface area contributed by atoms with Gasteiger partial charge in [0.2, 0.25) is 0 Å². The van der Waals surface area contributed by atoms with E-state index < -0.39 is 0 Å². The van der Waals surface area contributed by atoms with Crippen molar-refractivity contribution in [1.29, 1.82) is 0 Å². The molecule has 80 valence electrons. The Morgan fingerprint density at radius 3 is 2.67 bits per heavy atom. The zero-order valence-electron chi connectivity index (χ0n) is 7.76. The average Bonchev–Trinajstić information content (AvgIpc) is 2.74. The number of thiophene rings is 2. The standard InChI is InChI=1S/C10H7BrCl2S2/c1-5-2-3-14-9(5)8(12)7-4-6(11)10(13)15-7/h2-4,8H,1H3. The van der Waals surface area contributed by atoms with Gasteiger partial charge in [0.05, 0.1) is 0 Å². The fraction of sp³-hybridized carbons (Fsp3) is 0.200. The second-order valence-corrected chi connectivity index (χ2v) is 7.03. The largest absolute Gasteiger partial charge is 0.147 e. The first-order chi connectivity index (χ1) is 7.09. The highest BCUT2D eigenvalue weighted by Crippen LogP contribution is 2.42.